The van der Waals surface area contributed by atoms with E-state index in [1.807, 2.05) is 7.05 Å². The molecule has 1 saturated heterocycles. The Balaban J connectivity index is 0.00000264. The molecule has 1 aromatic rings. The van der Waals surface area contributed by atoms with Crippen LogP contribution >= 0.6 is 24.0 Å². The molecular formula is C16H31IN6. The van der Waals surface area contributed by atoms with Gasteiger partial charge in [0.15, 0.2) is 5.96 Å². The van der Waals surface area contributed by atoms with Crippen LogP contribution in [0.5, 0.6) is 0 Å². The van der Waals surface area contributed by atoms with Crippen molar-refractivity contribution in [3.8, 4) is 0 Å². The maximum Gasteiger partial charge on any atom is 0.191 e. The highest BCUT2D eigenvalue weighted by atomic mass is 127. The Morgan fingerprint density at radius 1 is 1.26 bits per heavy atom. The Labute approximate surface area is 157 Å². The van der Waals surface area contributed by atoms with Gasteiger partial charge in [-0.3, -0.25) is 4.90 Å². The van der Waals surface area contributed by atoms with Gasteiger partial charge in [0.1, 0.15) is 0 Å². The summed E-state index contributed by atoms with van der Waals surface area (Å²) in [7, 11) is 6.42. The number of rotatable bonds is 5. The van der Waals surface area contributed by atoms with Gasteiger partial charge in [0.25, 0.3) is 0 Å². The van der Waals surface area contributed by atoms with E-state index >= 15 is 0 Å². The summed E-state index contributed by atoms with van der Waals surface area (Å²) in [6.45, 7) is 7.97. The van der Waals surface area contributed by atoms with Crippen LogP contribution in [0.25, 0.3) is 0 Å². The Hall–Kier alpha value is -0.800. The molecule has 1 aliphatic heterocycles. The van der Waals surface area contributed by atoms with Gasteiger partial charge in [0.2, 0.25) is 0 Å². The molecule has 2 rings (SSSR count). The van der Waals surface area contributed by atoms with E-state index in [0.717, 1.165) is 38.7 Å². The summed E-state index contributed by atoms with van der Waals surface area (Å²) in [4.78, 5) is 9.49. The maximum atomic E-state index is 4.67. The molecule has 2 heterocycles. The van der Waals surface area contributed by atoms with Gasteiger partial charge in [-0.1, -0.05) is 0 Å². The molecule has 0 aliphatic carbocycles. The second-order valence-corrected chi connectivity index (χ2v) is 6.16. The second-order valence-electron chi connectivity index (χ2n) is 6.16. The van der Waals surface area contributed by atoms with Crippen molar-refractivity contribution in [2.24, 2.45) is 12.0 Å². The molecule has 0 spiro atoms. The Kier molecular flexibility index (Phi) is 8.93. The van der Waals surface area contributed by atoms with Crippen molar-refractivity contribution < 1.29 is 0 Å². The van der Waals surface area contributed by atoms with E-state index in [2.05, 4.69) is 69.5 Å². The predicted octanol–water partition coefficient (Wildman–Crippen LogP) is 0.944. The van der Waals surface area contributed by atoms with Crippen molar-refractivity contribution in [2.45, 2.75) is 19.5 Å². The molecule has 2 N–H and O–H groups in total. The highest BCUT2D eigenvalue weighted by Crippen LogP contribution is 2.05. The van der Waals surface area contributed by atoms with Crippen molar-refractivity contribution in [3.05, 3.63) is 24.0 Å². The topological polar surface area (TPSA) is 47.8 Å². The van der Waals surface area contributed by atoms with E-state index in [0.29, 0.717) is 12.6 Å². The second kappa shape index (κ2) is 10.1. The molecule has 132 valence electrons. The number of likely N-dealkylation sites (N-methyl/N-ethyl adjacent to an activating group) is 2. The molecule has 1 aromatic heterocycles. The maximum absolute atomic E-state index is 4.67. The summed E-state index contributed by atoms with van der Waals surface area (Å²) >= 11 is 0. The van der Waals surface area contributed by atoms with Crippen LogP contribution in [0.2, 0.25) is 0 Å². The molecule has 0 amide bonds. The van der Waals surface area contributed by atoms with Crippen LogP contribution in [-0.4, -0.2) is 73.2 Å². The summed E-state index contributed by atoms with van der Waals surface area (Å²) in [5.41, 5.74) is 1.23. The minimum absolute atomic E-state index is 0. The van der Waals surface area contributed by atoms with Gasteiger partial charge in [-0.25, -0.2) is 4.99 Å². The third kappa shape index (κ3) is 6.68. The number of hydrogen-bond donors (Lipinski definition) is 2. The minimum Gasteiger partial charge on any atom is -0.357 e. The molecule has 23 heavy (non-hydrogen) atoms. The molecule has 1 fully saturated rings. The molecule has 1 aliphatic rings. The lowest BCUT2D eigenvalue weighted by Crippen LogP contribution is -2.55. The monoisotopic (exact) mass is 434 g/mol. The lowest BCUT2D eigenvalue weighted by molar-refractivity contribution is 0.116. The van der Waals surface area contributed by atoms with Gasteiger partial charge < -0.3 is 20.1 Å². The number of aliphatic imine (C=N–C) groups is 1. The molecule has 0 saturated carbocycles. The van der Waals surface area contributed by atoms with Crippen molar-refractivity contribution in [3.63, 3.8) is 0 Å². The first kappa shape index (κ1) is 20.2. The van der Waals surface area contributed by atoms with Gasteiger partial charge in [-0.2, -0.15) is 0 Å². The van der Waals surface area contributed by atoms with E-state index in [4.69, 9.17) is 0 Å². The van der Waals surface area contributed by atoms with Crippen LogP contribution < -0.4 is 10.6 Å². The normalized spacial score (nSPS) is 20.2. The Morgan fingerprint density at radius 3 is 2.70 bits per heavy atom. The largest absolute Gasteiger partial charge is 0.357 e. The molecular weight excluding hydrogens is 403 g/mol. The highest BCUT2D eigenvalue weighted by Gasteiger charge is 2.21. The Morgan fingerprint density at radius 2 is 2.04 bits per heavy atom. The first-order valence-electron chi connectivity index (χ1n) is 8.10. The smallest absolute Gasteiger partial charge is 0.191 e. The highest BCUT2D eigenvalue weighted by molar-refractivity contribution is 14.0. The van der Waals surface area contributed by atoms with Gasteiger partial charge >= 0.3 is 0 Å². The van der Waals surface area contributed by atoms with Gasteiger partial charge in [-0.05, 0) is 32.6 Å². The SMILES string of the molecule is CCNC(=NCc1ccn(C)c1)NCC1CN(C)CCN1C.I. The molecule has 1 unspecified atom stereocenters. The number of nitrogens with zero attached hydrogens (tertiary/aromatic N) is 4. The van der Waals surface area contributed by atoms with Crippen molar-refractivity contribution in [1.29, 1.82) is 0 Å². The number of piperazine rings is 1. The van der Waals surface area contributed by atoms with Crippen LogP contribution in [0.3, 0.4) is 0 Å². The van der Waals surface area contributed by atoms with E-state index in [1.165, 1.54) is 5.56 Å². The lowest BCUT2D eigenvalue weighted by Gasteiger charge is -2.37. The zero-order valence-electron chi connectivity index (χ0n) is 14.7. The van der Waals surface area contributed by atoms with Crippen LogP contribution in [0, 0.1) is 0 Å². The van der Waals surface area contributed by atoms with Crippen LogP contribution in [0.15, 0.2) is 23.5 Å². The van der Waals surface area contributed by atoms with Gasteiger partial charge in [0, 0.05) is 58.2 Å². The van der Waals surface area contributed by atoms with E-state index < -0.39 is 0 Å². The molecule has 1 atom stereocenters. The summed E-state index contributed by atoms with van der Waals surface area (Å²) in [5, 5.41) is 6.81. The molecule has 0 aromatic carbocycles. The first-order valence-corrected chi connectivity index (χ1v) is 8.10. The molecule has 6 nitrogen and oxygen atoms in total. The zero-order valence-corrected chi connectivity index (χ0v) is 17.1. The van der Waals surface area contributed by atoms with Crippen molar-refractivity contribution >= 4 is 29.9 Å². The fraction of sp³-hybridized carbons (Fsp3) is 0.688. The number of nitrogens with one attached hydrogen (secondary N) is 2. The van der Waals surface area contributed by atoms with Crippen molar-refractivity contribution in [2.75, 3.05) is 46.8 Å². The quantitative estimate of drug-likeness (QED) is 0.412. The average molecular weight is 434 g/mol. The number of guanidine groups is 1. The summed E-state index contributed by atoms with van der Waals surface area (Å²) in [6, 6.07) is 2.64. The summed E-state index contributed by atoms with van der Waals surface area (Å²) < 4.78 is 2.05. The number of aryl methyl sites for hydroxylation is 1. The standard InChI is InChI=1S/C16H30N6.HI/c1-5-17-16(18-10-14-6-7-20(2)12-14)19-11-15-13-21(3)8-9-22(15)4;/h6-7,12,15H,5,8-11,13H2,1-4H3,(H2,17,18,19);1H. The number of halogens is 1. The first-order chi connectivity index (χ1) is 10.6. The Bertz CT molecular complexity index is 487. The molecule has 0 bridgehead atoms. The van der Waals surface area contributed by atoms with E-state index in [-0.39, 0.29) is 24.0 Å². The summed E-state index contributed by atoms with van der Waals surface area (Å²) in [5.74, 6) is 0.896. The van der Waals surface area contributed by atoms with Gasteiger partial charge in [-0.15, -0.1) is 24.0 Å². The van der Waals surface area contributed by atoms with Crippen LogP contribution in [0.1, 0.15) is 12.5 Å². The predicted molar refractivity (Wildman–Crippen MR) is 108 cm³/mol. The number of aromatic nitrogens is 1. The zero-order chi connectivity index (χ0) is 15.9. The third-order valence-corrected chi connectivity index (χ3v) is 4.14. The lowest BCUT2D eigenvalue weighted by atomic mass is 10.2. The van der Waals surface area contributed by atoms with Crippen molar-refractivity contribution in [1.82, 2.24) is 25.0 Å². The third-order valence-electron chi connectivity index (χ3n) is 4.14. The van der Waals surface area contributed by atoms with Crippen LogP contribution in [-0.2, 0) is 13.6 Å². The van der Waals surface area contributed by atoms with Gasteiger partial charge in [0.05, 0.1) is 6.54 Å². The fourth-order valence-corrected chi connectivity index (χ4v) is 2.70. The number of hydrogen-bond acceptors (Lipinski definition) is 3. The molecule has 0 radical (unpaired) electrons. The fourth-order valence-electron chi connectivity index (χ4n) is 2.70. The summed E-state index contributed by atoms with van der Waals surface area (Å²) in [6.07, 6.45) is 4.16. The van der Waals surface area contributed by atoms with E-state index in [9.17, 15) is 0 Å². The minimum atomic E-state index is 0. The average Bonchev–Trinajstić information content (AvgIpc) is 2.91. The molecule has 7 heteroatoms. The van der Waals surface area contributed by atoms with Crippen LogP contribution in [0.4, 0.5) is 0 Å². The van der Waals surface area contributed by atoms with E-state index in [1.54, 1.807) is 0 Å².